The molecular formula is C26H22N4O. The quantitative estimate of drug-likeness (QED) is 0.498. The number of pyridine rings is 2. The van der Waals surface area contributed by atoms with Crippen molar-refractivity contribution in [3.63, 3.8) is 0 Å². The maximum Gasteiger partial charge on any atom is 0.242 e. The first-order valence-electron chi connectivity index (χ1n) is 10.1. The van der Waals surface area contributed by atoms with Crippen LogP contribution in [0.1, 0.15) is 18.2 Å². The molecule has 0 saturated heterocycles. The standard InChI is InChI=1S/C26H22N4O/c1-18(27-2)26(31)30-24-15-13-22(23(29-24)14-12-19-8-4-3-5-9-19)25-21-11-7-6-10-20(21)16-17-28-25/h3-11,13,15-18,27H,1-2H3,(H,29,30,31). The van der Waals surface area contributed by atoms with E-state index in [1.165, 1.54) is 0 Å². The maximum atomic E-state index is 12.3. The van der Waals surface area contributed by atoms with E-state index in [1.807, 2.05) is 60.7 Å². The number of hydrogen-bond donors (Lipinski definition) is 2. The Morgan fingerprint density at radius 2 is 1.71 bits per heavy atom. The fraction of sp³-hybridized carbons (Fsp3) is 0.115. The number of aromatic nitrogens is 2. The van der Waals surface area contributed by atoms with Crippen molar-refractivity contribution >= 4 is 22.5 Å². The number of carbonyl (C=O) groups is 1. The highest BCUT2D eigenvalue weighted by Crippen LogP contribution is 2.29. The SMILES string of the molecule is CNC(C)C(=O)Nc1ccc(-c2nccc3ccccc23)c(C#Cc2ccccc2)n1. The number of likely N-dealkylation sites (N-methyl/N-ethyl adjacent to an activating group) is 1. The van der Waals surface area contributed by atoms with Crippen LogP contribution in [-0.4, -0.2) is 29.0 Å². The molecule has 4 aromatic rings. The molecule has 2 aromatic heterocycles. The molecule has 0 spiro atoms. The van der Waals surface area contributed by atoms with E-state index in [0.29, 0.717) is 11.5 Å². The predicted octanol–water partition coefficient (Wildman–Crippen LogP) is 4.24. The molecule has 2 aromatic carbocycles. The van der Waals surface area contributed by atoms with E-state index in [-0.39, 0.29) is 11.9 Å². The van der Waals surface area contributed by atoms with Crippen LogP contribution in [0.3, 0.4) is 0 Å². The third-order valence-corrected chi connectivity index (χ3v) is 5.00. The minimum absolute atomic E-state index is 0.159. The van der Waals surface area contributed by atoms with Crippen LogP contribution in [0.5, 0.6) is 0 Å². The Labute approximate surface area is 181 Å². The van der Waals surface area contributed by atoms with Crippen molar-refractivity contribution < 1.29 is 4.79 Å². The fourth-order valence-electron chi connectivity index (χ4n) is 3.17. The summed E-state index contributed by atoms with van der Waals surface area (Å²) in [5, 5.41) is 7.89. The molecule has 0 aliphatic heterocycles. The summed E-state index contributed by atoms with van der Waals surface area (Å²) in [6.07, 6.45) is 1.79. The van der Waals surface area contributed by atoms with Crippen LogP contribution in [0.2, 0.25) is 0 Å². The third kappa shape index (κ3) is 4.61. The van der Waals surface area contributed by atoms with E-state index < -0.39 is 0 Å². The van der Waals surface area contributed by atoms with Gasteiger partial charge in [0.25, 0.3) is 0 Å². The number of carbonyl (C=O) groups excluding carboxylic acids is 1. The van der Waals surface area contributed by atoms with Gasteiger partial charge in [-0.05, 0) is 55.6 Å². The molecular weight excluding hydrogens is 384 g/mol. The number of benzene rings is 2. The Bertz CT molecular complexity index is 1280. The number of nitrogens with zero attached hydrogens (tertiary/aromatic N) is 2. The highest BCUT2D eigenvalue weighted by atomic mass is 16.2. The van der Waals surface area contributed by atoms with Gasteiger partial charge < -0.3 is 10.6 Å². The number of nitrogens with one attached hydrogen (secondary N) is 2. The Morgan fingerprint density at radius 3 is 2.52 bits per heavy atom. The van der Waals surface area contributed by atoms with Crippen LogP contribution in [0.4, 0.5) is 5.82 Å². The Kier molecular flexibility index (Phi) is 6.02. The molecule has 1 amide bonds. The Morgan fingerprint density at radius 1 is 0.935 bits per heavy atom. The fourth-order valence-corrected chi connectivity index (χ4v) is 3.17. The lowest BCUT2D eigenvalue weighted by Crippen LogP contribution is -2.35. The molecule has 0 aliphatic rings. The smallest absolute Gasteiger partial charge is 0.242 e. The largest absolute Gasteiger partial charge is 0.309 e. The van der Waals surface area contributed by atoms with Crippen molar-refractivity contribution in [2.24, 2.45) is 0 Å². The lowest BCUT2D eigenvalue weighted by atomic mass is 10.0. The van der Waals surface area contributed by atoms with Crippen molar-refractivity contribution in [3.8, 4) is 23.1 Å². The first kappa shape index (κ1) is 20.3. The second-order valence-electron chi connectivity index (χ2n) is 7.09. The highest BCUT2D eigenvalue weighted by molar-refractivity contribution is 5.96. The summed E-state index contributed by atoms with van der Waals surface area (Å²) in [5.41, 5.74) is 3.08. The summed E-state index contributed by atoms with van der Waals surface area (Å²) >= 11 is 0. The van der Waals surface area contributed by atoms with Crippen molar-refractivity contribution in [3.05, 3.63) is 90.3 Å². The van der Waals surface area contributed by atoms with Gasteiger partial charge in [-0.2, -0.15) is 0 Å². The molecule has 31 heavy (non-hydrogen) atoms. The highest BCUT2D eigenvalue weighted by Gasteiger charge is 2.14. The van der Waals surface area contributed by atoms with Gasteiger partial charge in [0.1, 0.15) is 11.5 Å². The van der Waals surface area contributed by atoms with Crippen LogP contribution >= 0.6 is 0 Å². The van der Waals surface area contributed by atoms with Gasteiger partial charge in [0, 0.05) is 22.7 Å². The molecule has 152 valence electrons. The van der Waals surface area contributed by atoms with E-state index in [0.717, 1.165) is 27.6 Å². The lowest BCUT2D eigenvalue weighted by molar-refractivity contribution is -0.117. The second kappa shape index (κ2) is 9.21. The molecule has 0 bridgehead atoms. The summed E-state index contributed by atoms with van der Waals surface area (Å²) in [6, 6.07) is 23.2. The van der Waals surface area contributed by atoms with E-state index >= 15 is 0 Å². The molecule has 5 heteroatoms. The van der Waals surface area contributed by atoms with Crippen LogP contribution in [0.15, 0.2) is 79.0 Å². The van der Waals surface area contributed by atoms with Crippen molar-refractivity contribution in [1.29, 1.82) is 0 Å². The topological polar surface area (TPSA) is 66.9 Å². The molecule has 2 N–H and O–H groups in total. The summed E-state index contributed by atoms with van der Waals surface area (Å²) in [5.74, 6) is 6.64. The molecule has 1 unspecified atom stereocenters. The van der Waals surface area contributed by atoms with Gasteiger partial charge in [0.2, 0.25) is 5.91 Å². The van der Waals surface area contributed by atoms with E-state index in [4.69, 9.17) is 0 Å². The number of fused-ring (bicyclic) bond motifs is 1. The van der Waals surface area contributed by atoms with Gasteiger partial charge in [-0.25, -0.2) is 4.98 Å². The van der Waals surface area contributed by atoms with Crippen molar-refractivity contribution in [2.75, 3.05) is 12.4 Å². The second-order valence-corrected chi connectivity index (χ2v) is 7.09. The monoisotopic (exact) mass is 406 g/mol. The summed E-state index contributed by atoms with van der Waals surface area (Å²) in [7, 11) is 1.74. The zero-order valence-electron chi connectivity index (χ0n) is 17.4. The Hall–Kier alpha value is -4.01. The lowest BCUT2D eigenvalue weighted by Gasteiger charge is -2.12. The van der Waals surface area contributed by atoms with E-state index in [9.17, 15) is 4.79 Å². The average Bonchev–Trinajstić information content (AvgIpc) is 2.82. The minimum Gasteiger partial charge on any atom is -0.309 e. The molecule has 0 fully saturated rings. The number of anilines is 1. The van der Waals surface area contributed by atoms with Gasteiger partial charge in [0.05, 0.1) is 11.7 Å². The van der Waals surface area contributed by atoms with Gasteiger partial charge in [-0.3, -0.25) is 9.78 Å². The number of amides is 1. The van der Waals surface area contributed by atoms with Crippen molar-refractivity contribution in [2.45, 2.75) is 13.0 Å². The zero-order valence-corrected chi connectivity index (χ0v) is 17.4. The molecule has 2 heterocycles. The summed E-state index contributed by atoms with van der Waals surface area (Å²) in [4.78, 5) is 21.6. The van der Waals surface area contributed by atoms with E-state index in [2.05, 4.69) is 38.5 Å². The molecule has 0 radical (unpaired) electrons. The first-order chi connectivity index (χ1) is 15.2. The first-order valence-corrected chi connectivity index (χ1v) is 10.1. The summed E-state index contributed by atoms with van der Waals surface area (Å²) in [6.45, 7) is 1.79. The van der Waals surface area contributed by atoms with Gasteiger partial charge in [0.15, 0.2) is 0 Å². The van der Waals surface area contributed by atoms with Gasteiger partial charge >= 0.3 is 0 Å². The zero-order chi connectivity index (χ0) is 21.6. The molecule has 5 nitrogen and oxygen atoms in total. The molecule has 0 aliphatic carbocycles. The van der Waals surface area contributed by atoms with Crippen molar-refractivity contribution in [1.82, 2.24) is 15.3 Å². The van der Waals surface area contributed by atoms with Gasteiger partial charge in [-0.1, -0.05) is 48.4 Å². The summed E-state index contributed by atoms with van der Waals surface area (Å²) < 4.78 is 0. The Balaban J connectivity index is 1.82. The minimum atomic E-state index is -0.333. The molecule has 1 atom stereocenters. The third-order valence-electron chi connectivity index (χ3n) is 5.00. The van der Waals surface area contributed by atoms with Crippen LogP contribution in [0.25, 0.3) is 22.0 Å². The van der Waals surface area contributed by atoms with Gasteiger partial charge in [-0.15, -0.1) is 0 Å². The van der Waals surface area contributed by atoms with Crippen LogP contribution < -0.4 is 10.6 Å². The average molecular weight is 406 g/mol. The molecule has 4 rings (SSSR count). The van der Waals surface area contributed by atoms with E-state index in [1.54, 1.807) is 26.2 Å². The number of hydrogen-bond acceptors (Lipinski definition) is 4. The van der Waals surface area contributed by atoms with Crippen LogP contribution in [-0.2, 0) is 4.79 Å². The van der Waals surface area contributed by atoms with Crippen LogP contribution in [0, 0.1) is 11.8 Å². The number of rotatable bonds is 4. The molecule has 0 saturated carbocycles. The maximum absolute atomic E-state index is 12.3. The predicted molar refractivity (Wildman–Crippen MR) is 125 cm³/mol. The normalized spacial score (nSPS) is 11.4.